The number of para-hydroxylation sites is 1. The van der Waals surface area contributed by atoms with Crippen LogP contribution < -0.4 is 15.4 Å². The normalized spacial score (nSPS) is 11.5. The number of hydrogen-bond acceptors (Lipinski definition) is 4. The van der Waals surface area contributed by atoms with Gasteiger partial charge in [-0.3, -0.25) is 9.59 Å². The smallest absolute Gasteiger partial charge is 0.237 e. The first kappa shape index (κ1) is 20.1. The van der Waals surface area contributed by atoms with Crippen LogP contribution in [-0.4, -0.2) is 29.4 Å². The highest BCUT2D eigenvalue weighted by atomic mass is 35.5. The van der Waals surface area contributed by atoms with E-state index in [0.717, 1.165) is 5.75 Å². The molecule has 0 unspecified atom stereocenters. The summed E-state index contributed by atoms with van der Waals surface area (Å²) in [7, 11) is 0. The Morgan fingerprint density at radius 3 is 2.46 bits per heavy atom. The molecule has 0 radical (unpaired) electrons. The minimum absolute atomic E-state index is 0.170. The maximum absolute atomic E-state index is 12.2. The average molecular weight is 393 g/mol. The third-order valence-corrected chi connectivity index (χ3v) is 4.89. The molecule has 0 bridgehead atoms. The number of hydrogen-bond donors (Lipinski definition) is 2. The predicted octanol–water partition coefficient (Wildman–Crippen LogP) is 4.44. The molecule has 0 fully saturated rings. The monoisotopic (exact) mass is 392 g/mol. The van der Waals surface area contributed by atoms with Gasteiger partial charge < -0.3 is 15.4 Å². The lowest BCUT2D eigenvalue weighted by Gasteiger charge is -2.13. The number of ether oxygens (including phenoxy) is 1. The van der Waals surface area contributed by atoms with Gasteiger partial charge in [-0.2, -0.15) is 0 Å². The molecule has 2 aromatic rings. The van der Waals surface area contributed by atoms with Crippen LogP contribution in [0, 0.1) is 0 Å². The maximum Gasteiger partial charge on any atom is 0.237 e. The van der Waals surface area contributed by atoms with Gasteiger partial charge in [0.25, 0.3) is 0 Å². The largest absolute Gasteiger partial charge is 0.494 e. The average Bonchev–Trinajstić information content (AvgIpc) is 2.63. The molecule has 0 aliphatic rings. The second kappa shape index (κ2) is 10.1. The van der Waals surface area contributed by atoms with Crippen molar-refractivity contribution in [3.8, 4) is 5.75 Å². The SMILES string of the molecule is CCOc1ccc(NC(=O)CS[C@@H](C)C(=O)Nc2ccccc2Cl)cc1. The van der Waals surface area contributed by atoms with Crippen molar-refractivity contribution in [1.29, 1.82) is 0 Å². The molecule has 0 saturated carbocycles. The van der Waals surface area contributed by atoms with E-state index in [4.69, 9.17) is 16.3 Å². The Morgan fingerprint density at radius 1 is 1.12 bits per heavy atom. The van der Waals surface area contributed by atoms with Gasteiger partial charge in [-0.1, -0.05) is 23.7 Å². The quantitative estimate of drug-likeness (QED) is 0.697. The summed E-state index contributed by atoms with van der Waals surface area (Å²) < 4.78 is 5.36. The number of benzene rings is 2. The van der Waals surface area contributed by atoms with Gasteiger partial charge in [0.2, 0.25) is 11.8 Å². The lowest BCUT2D eigenvalue weighted by molar-refractivity contribution is -0.115. The zero-order valence-corrected chi connectivity index (χ0v) is 16.2. The van der Waals surface area contributed by atoms with Crippen molar-refractivity contribution in [2.24, 2.45) is 0 Å². The van der Waals surface area contributed by atoms with E-state index in [0.29, 0.717) is 23.0 Å². The Bertz CT molecular complexity index is 753. The number of carbonyl (C=O) groups is 2. The van der Waals surface area contributed by atoms with E-state index in [9.17, 15) is 9.59 Å². The predicted molar refractivity (Wildman–Crippen MR) is 108 cm³/mol. The molecule has 0 aromatic heterocycles. The third kappa shape index (κ3) is 6.28. The van der Waals surface area contributed by atoms with Crippen LogP contribution in [0.1, 0.15) is 13.8 Å². The number of halogens is 1. The van der Waals surface area contributed by atoms with Crippen LogP contribution >= 0.6 is 23.4 Å². The van der Waals surface area contributed by atoms with Crippen LogP contribution in [0.25, 0.3) is 0 Å². The fourth-order valence-electron chi connectivity index (χ4n) is 2.07. The van der Waals surface area contributed by atoms with Gasteiger partial charge in [-0.05, 0) is 50.2 Å². The van der Waals surface area contributed by atoms with Gasteiger partial charge in [0.15, 0.2) is 0 Å². The van der Waals surface area contributed by atoms with E-state index in [1.165, 1.54) is 11.8 Å². The number of anilines is 2. The third-order valence-electron chi connectivity index (χ3n) is 3.41. The molecule has 2 N–H and O–H groups in total. The second-order valence-electron chi connectivity index (χ2n) is 5.43. The highest BCUT2D eigenvalue weighted by Gasteiger charge is 2.16. The van der Waals surface area contributed by atoms with E-state index in [1.54, 1.807) is 55.5 Å². The Morgan fingerprint density at radius 2 is 1.81 bits per heavy atom. The first-order valence-corrected chi connectivity index (χ1v) is 9.62. The van der Waals surface area contributed by atoms with E-state index in [1.807, 2.05) is 6.92 Å². The molecule has 0 aliphatic heterocycles. The first-order chi connectivity index (χ1) is 12.5. The zero-order valence-electron chi connectivity index (χ0n) is 14.6. The lowest BCUT2D eigenvalue weighted by Crippen LogP contribution is -2.25. The molecule has 7 heteroatoms. The van der Waals surface area contributed by atoms with Gasteiger partial charge in [0.05, 0.1) is 28.3 Å². The van der Waals surface area contributed by atoms with Crippen molar-refractivity contribution in [2.45, 2.75) is 19.1 Å². The molecule has 2 rings (SSSR count). The highest BCUT2D eigenvalue weighted by Crippen LogP contribution is 2.22. The lowest BCUT2D eigenvalue weighted by atomic mass is 10.3. The standard InChI is InChI=1S/C19H21ClN2O3S/c1-3-25-15-10-8-14(9-11-15)21-18(23)12-26-13(2)19(24)22-17-7-5-4-6-16(17)20/h4-11,13H,3,12H2,1-2H3,(H,21,23)(H,22,24)/t13-/m0/s1. The van der Waals surface area contributed by atoms with Crippen LogP contribution in [0.5, 0.6) is 5.75 Å². The number of nitrogens with one attached hydrogen (secondary N) is 2. The van der Waals surface area contributed by atoms with Crippen LogP contribution in [0.2, 0.25) is 5.02 Å². The minimum Gasteiger partial charge on any atom is -0.494 e. The van der Waals surface area contributed by atoms with Crippen molar-refractivity contribution >= 4 is 46.6 Å². The summed E-state index contributed by atoms with van der Waals surface area (Å²) in [5, 5.41) is 5.65. The summed E-state index contributed by atoms with van der Waals surface area (Å²) in [6.07, 6.45) is 0. The molecular formula is C19H21ClN2O3S. The van der Waals surface area contributed by atoms with Crippen molar-refractivity contribution < 1.29 is 14.3 Å². The number of carbonyl (C=O) groups excluding carboxylic acids is 2. The molecule has 0 heterocycles. The van der Waals surface area contributed by atoms with Gasteiger partial charge in [-0.25, -0.2) is 0 Å². The summed E-state index contributed by atoms with van der Waals surface area (Å²) in [5.41, 5.74) is 1.25. The summed E-state index contributed by atoms with van der Waals surface area (Å²) in [4.78, 5) is 24.2. The molecule has 138 valence electrons. The maximum atomic E-state index is 12.2. The van der Waals surface area contributed by atoms with E-state index in [-0.39, 0.29) is 17.6 Å². The van der Waals surface area contributed by atoms with Crippen molar-refractivity contribution in [1.82, 2.24) is 0 Å². The minimum atomic E-state index is -0.391. The molecule has 2 aromatic carbocycles. The summed E-state index contributed by atoms with van der Waals surface area (Å²) in [6.45, 7) is 4.26. The van der Waals surface area contributed by atoms with E-state index >= 15 is 0 Å². The molecule has 5 nitrogen and oxygen atoms in total. The molecule has 26 heavy (non-hydrogen) atoms. The van der Waals surface area contributed by atoms with Crippen molar-refractivity contribution in [3.63, 3.8) is 0 Å². The summed E-state index contributed by atoms with van der Waals surface area (Å²) in [5.74, 6) is 0.558. The molecule has 0 spiro atoms. The Hall–Kier alpha value is -2.18. The van der Waals surface area contributed by atoms with Crippen LogP contribution in [0.3, 0.4) is 0 Å². The molecule has 1 atom stereocenters. The van der Waals surface area contributed by atoms with Crippen LogP contribution in [0.4, 0.5) is 11.4 Å². The van der Waals surface area contributed by atoms with Gasteiger partial charge >= 0.3 is 0 Å². The van der Waals surface area contributed by atoms with Crippen LogP contribution in [-0.2, 0) is 9.59 Å². The van der Waals surface area contributed by atoms with Crippen LogP contribution in [0.15, 0.2) is 48.5 Å². The Labute approximate surface area is 162 Å². The molecule has 0 aliphatic carbocycles. The number of rotatable bonds is 8. The van der Waals surface area contributed by atoms with Gasteiger partial charge in [0.1, 0.15) is 5.75 Å². The number of thioether (sulfide) groups is 1. The van der Waals surface area contributed by atoms with E-state index in [2.05, 4.69) is 10.6 Å². The highest BCUT2D eigenvalue weighted by molar-refractivity contribution is 8.01. The summed E-state index contributed by atoms with van der Waals surface area (Å²) in [6, 6.07) is 14.2. The second-order valence-corrected chi connectivity index (χ2v) is 7.16. The topological polar surface area (TPSA) is 67.4 Å². The zero-order chi connectivity index (χ0) is 18.9. The Balaban J connectivity index is 1.78. The fraction of sp³-hybridized carbons (Fsp3) is 0.263. The molecule has 2 amide bonds. The first-order valence-electron chi connectivity index (χ1n) is 8.19. The van der Waals surface area contributed by atoms with E-state index < -0.39 is 5.25 Å². The molecule has 0 saturated heterocycles. The fourth-order valence-corrected chi connectivity index (χ4v) is 2.94. The van der Waals surface area contributed by atoms with Crippen molar-refractivity contribution in [2.75, 3.05) is 23.0 Å². The van der Waals surface area contributed by atoms with Crippen molar-refractivity contribution in [3.05, 3.63) is 53.6 Å². The number of amides is 2. The van der Waals surface area contributed by atoms with Gasteiger partial charge in [0, 0.05) is 5.69 Å². The van der Waals surface area contributed by atoms with Gasteiger partial charge in [-0.15, -0.1) is 11.8 Å². The Kier molecular flexibility index (Phi) is 7.81. The summed E-state index contributed by atoms with van der Waals surface area (Å²) >= 11 is 7.28. The molecular weight excluding hydrogens is 372 g/mol.